The molecule has 37 heavy (non-hydrogen) atoms. The molecule has 3 aromatic carbocycles. The van der Waals surface area contributed by atoms with Gasteiger partial charge in [-0.3, -0.25) is 14.5 Å². The van der Waals surface area contributed by atoms with E-state index in [1.54, 1.807) is 24.3 Å². The van der Waals surface area contributed by atoms with E-state index in [2.05, 4.69) is 18.7 Å². The highest BCUT2D eigenvalue weighted by atomic mass is 35.5. The standard InChI is InChI=1S/C31H31ClN2O3/c1-3-33(4-2)25-15-11-21(12-16-25)28-27(29(35)23-10-9-20-7-5-6-8-22(20)19-23)30(36)31(37)34(28)26-17-13-24(32)14-18-26/h9-19,28,35H,3-8H2,1-2H3/b29-27-. The first kappa shape index (κ1) is 25.1. The maximum absolute atomic E-state index is 13.5. The van der Waals surface area contributed by atoms with E-state index in [0.29, 0.717) is 16.3 Å². The lowest BCUT2D eigenvalue weighted by molar-refractivity contribution is -0.132. The van der Waals surface area contributed by atoms with Gasteiger partial charge in [-0.25, -0.2) is 0 Å². The number of aliphatic hydroxyl groups is 1. The highest BCUT2D eigenvalue weighted by Gasteiger charge is 2.47. The molecule has 5 rings (SSSR count). The van der Waals surface area contributed by atoms with Crippen molar-refractivity contribution < 1.29 is 14.7 Å². The van der Waals surface area contributed by atoms with Crippen molar-refractivity contribution in [1.29, 1.82) is 0 Å². The van der Waals surface area contributed by atoms with E-state index >= 15 is 0 Å². The lowest BCUT2D eigenvalue weighted by Gasteiger charge is -2.27. The Hall–Kier alpha value is -3.57. The second-order valence-electron chi connectivity index (χ2n) is 9.60. The number of carbonyl (C=O) groups is 2. The molecule has 1 amide bonds. The summed E-state index contributed by atoms with van der Waals surface area (Å²) in [6.45, 7) is 5.95. The number of amides is 1. The van der Waals surface area contributed by atoms with E-state index in [9.17, 15) is 14.7 Å². The van der Waals surface area contributed by atoms with E-state index < -0.39 is 17.7 Å². The van der Waals surface area contributed by atoms with Crippen molar-refractivity contribution in [3.8, 4) is 0 Å². The number of fused-ring (bicyclic) bond motifs is 1. The fourth-order valence-electron chi connectivity index (χ4n) is 5.51. The molecule has 0 saturated carbocycles. The quantitative estimate of drug-likeness (QED) is 0.226. The van der Waals surface area contributed by atoms with Gasteiger partial charge in [-0.05, 0) is 98.7 Å². The Kier molecular flexibility index (Phi) is 7.07. The van der Waals surface area contributed by atoms with Crippen LogP contribution in [0, 0.1) is 0 Å². The van der Waals surface area contributed by atoms with Crippen LogP contribution in [0.3, 0.4) is 0 Å². The van der Waals surface area contributed by atoms with Crippen molar-refractivity contribution >= 4 is 40.4 Å². The summed E-state index contributed by atoms with van der Waals surface area (Å²) >= 11 is 6.10. The Balaban J connectivity index is 1.65. The summed E-state index contributed by atoms with van der Waals surface area (Å²) in [6, 6.07) is 19.8. The molecule has 1 aliphatic heterocycles. The third-order valence-electron chi connectivity index (χ3n) is 7.51. The lowest BCUT2D eigenvalue weighted by atomic mass is 9.88. The fraction of sp³-hybridized carbons (Fsp3) is 0.290. The molecule has 1 atom stereocenters. The minimum absolute atomic E-state index is 0.103. The van der Waals surface area contributed by atoms with Crippen molar-refractivity contribution in [2.45, 2.75) is 45.6 Å². The van der Waals surface area contributed by atoms with Crippen LogP contribution in [-0.4, -0.2) is 29.9 Å². The van der Waals surface area contributed by atoms with Gasteiger partial charge < -0.3 is 10.0 Å². The largest absolute Gasteiger partial charge is 0.507 e. The molecule has 1 saturated heterocycles. The molecular weight excluding hydrogens is 484 g/mol. The summed E-state index contributed by atoms with van der Waals surface area (Å²) in [5.41, 5.74) is 5.52. The first-order valence-electron chi connectivity index (χ1n) is 13.0. The number of benzene rings is 3. The molecule has 0 spiro atoms. The summed E-state index contributed by atoms with van der Waals surface area (Å²) in [7, 11) is 0. The van der Waals surface area contributed by atoms with E-state index in [1.165, 1.54) is 16.0 Å². The molecule has 0 aromatic heterocycles. The Morgan fingerprint density at radius 1 is 0.919 bits per heavy atom. The second-order valence-corrected chi connectivity index (χ2v) is 10.0. The number of aliphatic hydroxyl groups excluding tert-OH is 1. The number of anilines is 2. The van der Waals surface area contributed by atoms with Crippen LogP contribution >= 0.6 is 11.6 Å². The number of nitrogens with zero attached hydrogens (tertiary/aromatic N) is 2. The zero-order chi connectivity index (χ0) is 26.1. The first-order valence-corrected chi connectivity index (χ1v) is 13.3. The predicted octanol–water partition coefficient (Wildman–Crippen LogP) is 6.69. The molecule has 3 aromatic rings. The van der Waals surface area contributed by atoms with Gasteiger partial charge in [0.1, 0.15) is 5.76 Å². The van der Waals surface area contributed by atoms with Gasteiger partial charge in [-0.15, -0.1) is 0 Å². The summed E-state index contributed by atoms with van der Waals surface area (Å²) in [6.07, 6.45) is 4.24. The first-order chi connectivity index (χ1) is 17.9. The number of ketones is 1. The number of halogens is 1. The van der Waals surface area contributed by atoms with Gasteiger partial charge >= 0.3 is 0 Å². The monoisotopic (exact) mass is 514 g/mol. The molecule has 6 heteroatoms. The minimum atomic E-state index is -0.761. The normalized spacial score (nSPS) is 18.7. The van der Waals surface area contributed by atoms with Gasteiger partial charge in [0, 0.05) is 35.1 Å². The molecule has 5 nitrogen and oxygen atoms in total. The Bertz CT molecular complexity index is 1360. The van der Waals surface area contributed by atoms with Gasteiger partial charge in [0.05, 0.1) is 11.6 Å². The molecule has 0 bridgehead atoms. The van der Waals surface area contributed by atoms with Gasteiger partial charge in [0.25, 0.3) is 11.7 Å². The third-order valence-corrected chi connectivity index (χ3v) is 7.76. The van der Waals surface area contributed by atoms with Gasteiger partial charge in [-0.1, -0.05) is 35.9 Å². The number of carbonyl (C=O) groups excluding carboxylic acids is 2. The summed E-state index contributed by atoms with van der Waals surface area (Å²) < 4.78 is 0. The SMILES string of the molecule is CCN(CC)c1ccc(C2/C(=C(/O)c3ccc4c(c3)CCCC4)C(=O)C(=O)N2c2ccc(Cl)cc2)cc1. The third kappa shape index (κ3) is 4.64. The average molecular weight is 515 g/mol. The van der Waals surface area contributed by atoms with Gasteiger partial charge in [-0.2, -0.15) is 0 Å². The molecule has 1 unspecified atom stereocenters. The van der Waals surface area contributed by atoms with Crippen molar-refractivity contribution in [3.05, 3.63) is 99.6 Å². The molecule has 2 aliphatic rings. The summed E-state index contributed by atoms with van der Waals surface area (Å²) in [4.78, 5) is 30.6. The molecule has 0 radical (unpaired) electrons. The average Bonchev–Trinajstić information content (AvgIpc) is 3.19. The van der Waals surface area contributed by atoms with Crippen LogP contribution in [0.25, 0.3) is 5.76 Å². The van der Waals surface area contributed by atoms with E-state index in [0.717, 1.165) is 50.0 Å². The van der Waals surface area contributed by atoms with Crippen LogP contribution in [0.2, 0.25) is 5.02 Å². The van der Waals surface area contributed by atoms with Crippen molar-refractivity contribution in [2.75, 3.05) is 22.9 Å². The van der Waals surface area contributed by atoms with Crippen molar-refractivity contribution in [1.82, 2.24) is 0 Å². The highest BCUT2D eigenvalue weighted by molar-refractivity contribution is 6.51. The van der Waals surface area contributed by atoms with Crippen LogP contribution in [0.1, 0.15) is 55.0 Å². The van der Waals surface area contributed by atoms with Crippen LogP contribution < -0.4 is 9.80 Å². The molecule has 190 valence electrons. The molecule has 1 fully saturated rings. The Labute approximate surface area is 223 Å². The van der Waals surface area contributed by atoms with E-state index in [4.69, 9.17) is 11.6 Å². The van der Waals surface area contributed by atoms with Crippen LogP contribution in [0.5, 0.6) is 0 Å². The van der Waals surface area contributed by atoms with E-state index in [1.807, 2.05) is 42.5 Å². The summed E-state index contributed by atoms with van der Waals surface area (Å²) in [5.74, 6) is -1.50. The zero-order valence-electron chi connectivity index (χ0n) is 21.2. The van der Waals surface area contributed by atoms with Crippen molar-refractivity contribution in [3.63, 3.8) is 0 Å². The van der Waals surface area contributed by atoms with E-state index in [-0.39, 0.29) is 11.3 Å². The smallest absolute Gasteiger partial charge is 0.300 e. The molecule has 1 N–H and O–H groups in total. The molecular formula is C31H31ClN2O3. The highest BCUT2D eigenvalue weighted by Crippen LogP contribution is 2.43. The number of hydrogen-bond donors (Lipinski definition) is 1. The second kappa shape index (κ2) is 10.4. The fourth-order valence-corrected chi connectivity index (χ4v) is 5.63. The van der Waals surface area contributed by atoms with Crippen LogP contribution in [-0.2, 0) is 22.4 Å². The Morgan fingerprint density at radius 3 is 2.22 bits per heavy atom. The lowest BCUT2D eigenvalue weighted by Crippen LogP contribution is -2.29. The Morgan fingerprint density at radius 2 is 1.57 bits per heavy atom. The van der Waals surface area contributed by atoms with Crippen LogP contribution in [0.4, 0.5) is 11.4 Å². The maximum Gasteiger partial charge on any atom is 0.300 e. The number of hydrogen-bond acceptors (Lipinski definition) is 4. The number of aryl methyl sites for hydroxylation is 2. The topological polar surface area (TPSA) is 60.9 Å². The summed E-state index contributed by atoms with van der Waals surface area (Å²) in [5, 5.41) is 12.1. The number of Topliss-reactive ketones (excluding diaryl/α,β-unsaturated/α-hetero) is 1. The van der Waals surface area contributed by atoms with Gasteiger partial charge in [0.15, 0.2) is 0 Å². The zero-order valence-corrected chi connectivity index (χ0v) is 22.0. The van der Waals surface area contributed by atoms with Crippen molar-refractivity contribution in [2.24, 2.45) is 0 Å². The molecule has 1 aliphatic carbocycles. The van der Waals surface area contributed by atoms with Crippen LogP contribution in [0.15, 0.2) is 72.3 Å². The predicted molar refractivity (Wildman–Crippen MR) is 149 cm³/mol. The maximum atomic E-state index is 13.5. The minimum Gasteiger partial charge on any atom is -0.507 e. The molecule has 1 heterocycles. The number of rotatable bonds is 6. The van der Waals surface area contributed by atoms with Gasteiger partial charge in [0.2, 0.25) is 0 Å².